The van der Waals surface area contributed by atoms with Crippen molar-refractivity contribution in [2.75, 3.05) is 7.11 Å². The lowest BCUT2D eigenvalue weighted by molar-refractivity contribution is -0.738. The summed E-state index contributed by atoms with van der Waals surface area (Å²) in [5.41, 5.74) is 0.366. The average molecular weight is 156 g/mol. The van der Waals surface area contributed by atoms with E-state index in [0.29, 0.717) is 5.69 Å². The van der Waals surface area contributed by atoms with Crippen LogP contribution in [0.1, 0.15) is 5.69 Å². The minimum absolute atomic E-state index is 0.181. The number of rotatable bonds is 1. The summed E-state index contributed by atoms with van der Waals surface area (Å²) < 4.78 is 6.21. The largest absolute Gasteiger partial charge is 0.464 e. The zero-order valence-electron chi connectivity index (χ0n) is 6.71. The summed E-state index contributed by atoms with van der Waals surface area (Å²) in [6, 6.07) is 0.225. The third-order valence-electron chi connectivity index (χ3n) is 1.47. The first kappa shape index (κ1) is 7.71. The number of H-pyrrole nitrogens is 1. The molecule has 0 atom stereocenters. The van der Waals surface area contributed by atoms with Gasteiger partial charge in [-0.05, 0) is 0 Å². The third-order valence-corrected chi connectivity index (χ3v) is 1.47. The van der Waals surface area contributed by atoms with Crippen LogP contribution in [0.2, 0.25) is 0 Å². The Hall–Kier alpha value is -1.39. The summed E-state index contributed by atoms with van der Waals surface area (Å²) >= 11 is 0. The minimum Gasteiger partial charge on any atom is -0.464 e. The Balaban J connectivity index is 3.32. The standard InChI is InChI=1S/C6H9N3O2/c1-4-5(10)7-6(11-3)8-9(4)2/h1-3H3/p+1. The van der Waals surface area contributed by atoms with Crippen LogP contribution in [0, 0.1) is 6.92 Å². The molecule has 0 unspecified atom stereocenters. The van der Waals surface area contributed by atoms with E-state index < -0.39 is 0 Å². The van der Waals surface area contributed by atoms with Crippen LogP contribution in [-0.4, -0.2) is 17.2 Å². The molecule has 0 amide bonds. The Kier molecular flexibility index (Phi) is 1.89. The number of nitrogens with zero attached hydrogens (tertiary/aromatic N) is 2. The number of nitrogens with one attached hydrogen (secondary N) is 1. The fourth-order valence-electron chi connectivity index (χ4n) is 0.663. The molecule has 5 nitrogen and oxygen atoms in total. The van der Waals surface area contributed by atoms with Gasteiger partial charge < -0.3 is 4.74 Å². The molecule has 0 spiro atoms. The minimum atomic E-state index is -0.181. The van der Waals surface area contributed by atoms with E-state index in [1.165, 1.54) is 11.8 Å². The Morgan fingerprint density at radius 1 is 1.64 bits per heavy atom. The van der Waals surface area contributed by atoms with Crippen LogP contribution < -0.4 is 15.0 Å². The maximum atomic E-state index is 11.0. The summed E-state index contributed by atoms with van der Waals surface area (Å²) in [5, 5.41) is 3.89. The van der Waals surface area contributed by atoms with Crippen molar-refractivity contribution >= 4 is 0 Å². The number of aromatic nitrogens is 3. The van der Waals surface area contributed by atoms with Crippen LogP contribution in [0.3, 0.4) is 0 Å². The lowest BCUT2D eigenvalue weighted by Crippen LogP contribution is -2.43. The Labute approximate surface area is 63.6 Å². The Morgan fingerprint density at radius 2 is 2.27 bits per heavy atom. The molecule has 0 aliphatic rings. The maximum Gasteiger partial charge on any atom is 0.359 e. The van der Waals surface area contributed by atoms with Gasteiger partial charge >= 0.3 is 11.6 Å². The van der Waals surface area contributed by atoms with Gasteiger partial charge in [-0.1, -0.05) is 4.68 Å². The van der Waals surface area contributed by atoms with Crippen LogP contribution in [0.5, 0.6) is 6.01 Å². The average Bonchev–Trinajstić information content (AvgIpc) is 1.99. The normalized spacial score (nSPS) is 9.73. The quantitative estimate of drug-likeness (QED) is 0.526. The summed E-state index contributed by atoms with van der Waals surface area (Å²) in [7, 11) is 3.14. The van der Waals surface area contributed by atoms with Crippen molar-refractivity contribution in [3.63, 3.8) is 0 Å². The molecule has 0 aliphatic heterocycles. The van der Waals surface area contributed by atoms with E-state index in [2.05, 4.69) is 10.1 Å². The molecule has 1 heterocycles. The number of ether oxygens (including phenoxy) is 1. The van der Waals surface area contributed by atoms with E-state index in [0.717, 1.165) is 0 Å². The fourth-order valence-corrected chi connectivity index (χ4v) is 0.663. The molecular weight excluding hydrogens is 146 g/mol. The number of methoxy groups -OCH3 is 1. The second-order valence-electron chi connectivity index (χ2n) is 2.17. The van der Waals surface area contributed by atoms with Gasteiger partial charge in [-0.15, -0.1) is 0 Å². The van der Waals surface area contributed by atoms with Crippen molar-refractivity contribution in [1.29, 1.82) is 0 Å². The highest BCUT2D eigenvalue weighted by molar-refractivity contribution is 4.90. The highest BCUT2D eigenvalue weighted by Gasteiger charge is 2.09. The highest BCUT2D eigenvalue weighted by atomic mass is 16.5. The van der Waals surface area contributed by atoms with Crippen molar-refractivity contribution in [3.8, 4) is 6.01 Å². The molecule has 0 saturated carbocycles. The summed E-state index contributed by atoms with van der Waals surface area (Å²) in [5.74, 6) is 0. The molecule has 1 aromatic heterocycles. The van der Waals surface area contributed by atoms with Crippen LogP contribution >= 0.6 is 0 Å². The van der Waals surface area contributed by atoms with Crippen molar-refractivity contribution in [2.45, 2.75) is 6.92 Å². The summed E-state index contributed by atoms with van der Waals surface area (Å²) in [6.07, 6.45) is 0. The number of aromatic amines is 1. The second-order valence-corrected chi connectivity index (χ2v) is 2.17. The molecule has 0 radical (unpaired) electrons. The van der Waals surface area contributed by atoms with Gasteiger partial charge in [0.1, 0.15) is 0 Å². The highest BCUT2D eigenvalue weighted by Crippen LogP contribution is 1.88. The molecule has 1 aromatic rings. The summed E-state index contributed by atoms with van der Waals surface area (Å²) in [6.45, 7) is 1.69. The first-order valence-electron chi connectivity index (χ1n) is 3.16. The maximum absolute atomic E-state index is 11.0. The topological polar surface area (TPSA) is 58.9 Å². The Bertz CT molecular complexity index is 318. The monoisotopic (exact) mass is 156 g/mol. The molecule has 5 heteroatoms. The number of hydrogen-bond donors (Lipinski definition) is 1. The Morgan fingerprint density at radius 3 is 2.73 bits per heavy atom. The number of hydrogen-bond acceptors (Lipinski definition) is 3. The predicted molar refractivity (Wildman–Crippen MR) is 37.3 cm³/mol. The van der Waals surface area contributed by atoms with Gasteiger partial charge in [0.05, 0.1) is 12.2 Å². The van der Waals surface area contributed by atoms with Crippen LogP contribution in [0.15, 0.2) is 4.79 Å². The number of aryl methyl sites for hydroxylation is 1. The second kappa shape index (κ2) is 2.69. The van der Waals surface area contributed by atoms with Gasteiger partial charge in [0.25, 0.3) is 5.69 Å². The van der Waals surface area contributed by atoms with Crippen LogP contribution in [0.25, 0.3) is 0 Å². The molecule has 0 aromatic carbocycles. The molecule has 11 heavy (non-hydrogen) atoms. The van der Waals surface area contributed by atoms with Gasteiger partial charge in [-0.25, -0.2) is 0 Å². The zero-order valence-corrected chi connectivity index (χ0v) is 6.71. The van der Waals surface area contributed by atoms with Gasteiger partial charge in [-0.2, -0.15) is 0 Å². The molecule has 0 fully saturated rings. The van der Waals surface area contributed by atoms with E-state index >= 15 is 0 Å². The smallest absolute Gasteiger partial charge is 0.359 e. The first-order chi connectivity index (χ1) is 5.15. The van der Waals surface area contributed by atoms with Crippen molar-refractivity contribution in [1.82, 2.24) is 10.1 Å². The molecule has 60 valence electrons. The molecule has 0 aliphatic carbocycles. The third kappa shape index (κ3) is 1.36. The lowest BCUT2D eigenvalue weighted by atomic mass is 10.5. The molecule has 0 bridgehead atoms. The van der Waals surface area contributed by atoms with E-state index in [1.807, 2.05) is 0 Å². The first-order valence-corrected chi connectivity index (χ1v) is 3.16. The van der Waals surface area contributed by atoms with E-state index in [4.69, 9.17) is 4.74 Å². The molecular formula is C6H10N3O2+. The van der Waals surface area contributed by atoms with Crippen molar-refractivity contribution in [2.24, 2.45) is 7.05 Å². The molecule has 1 N–H and O–H groups in total. The van der Waals surface area contributed by atoms with Crippen molar-refractivity contribution in [3.05, 3.63) is 16.0 Å². The zero-order chi connectivity index (χ0) is 8.43. The van der Waals surface area contributed by atoms with Crippen molar-refractivity contribution < 1.29 is 9.42 Å². The summed E-state index contributed by atoms with van der Waals surface area (Å²) in [4.78, 5) is 13.5. The van der Waals surface area contributed by atoms with Crippen LogP contribution in [-0.2, 0) is 7.05 Å². The van der Waals surface area contributed by atoms with E-state index in [9.17, 15) is 4.79 Å². The van der Waals surface area contributed by atoms with Gasteiger partial charge in [0.15, 0.2) is 7.05 Å². The van der Waals surface area contributed by atoms with Crippen LogP contribution in [0.4, 0.5) is 0 Å². The van der Waals surface area contributed by atoms with Gasteiger partial charge in [-0.3, -0.25) is 9.78 Å². The van der Waals surface area contributed by atoms with E-state index in [1.54, 1.807) is 14.0 Å². The van der Waals surface area contributed by atoms with E-state index in [-0.39, 0.29) is 11.6 Å². The lowest BCUT2D eigenvalue weighted by Gasteiger charge is -1.94. The van der Waals surface area contributed by atoms with Gasteiger partial charge in [0, 0.05) is 6.92 Å². The van der Waals surface area contributed by atoms with Gasteiger partial charge in [0.2, 0.25) is 0 Å². The fraction of sp³-hybridized carbons (Fsp3) is 0.500. The molecule has 1 rings (SSSR count). The SMILES string of the molecule is COc1n[n+](C)c(C)c(=O)[nH]1. The predicted octanol–water partition coefficient (Wildman–Crippen LogP) is -1.09. The molecule has 0 saturated heterocycles.